The molecule has 0 unspecified atom stereocenters. The van der Waals surface area contributed by atoms with Gasteiger partial charge in [-0.15, -0.1) is 0 Å². The lowest BCUT2D eigenvalue weighted by Crippen LogP contribution is -2.44. The molecular formula is C16H36ClNO7Si2. The summed E-state index contributed by atoms with van der Waals surface area (Å²) < 4.78 is 32.8. The smallest absolute Gasteiger partial charge is 0.377 e. The van der Waals surface area contributed by atoms with Gasteiger partial charge in [-0.1, -0.05) is 0 Å². The highest BCUT2D eigenvalue weighted by Crippen LogP contribution is 2.18. The van der Waals surface area contributed by atoms with Crippen LogP contribution in [0.4, 0.5) is 0 Å². The van der Waals surface area contributed by atoms with E-state index in [0.717, 1.165) is 51.0 Å². The number of rotatable bonds is 18. The van der Waals surface area contributed by atoms with Gasteiger partial charge >= 0.3 is 17.6 Å². The van der Waals surface area contributed by atoms with E-state index in [1.807, 2.05) is 0 Å². The van der Waals surface area contributed by atoms with E-state index in [1.54, 1.807) is 42.7 Å². The van der Waals surface area contributed by atoms with Crippen molar-refractivity contribution in [1.82, 2.24) is 4.90 Å². The first kappa shape index (κ1) is 27.1. The summed E-state index contributed by atoms with van der Waals surface area (Å²) >= 11 is 5.46. The van der Waals surface area contributed by atoms with E-state index in [1.165, 1.54) is 0 Å². The molecule has 0 rings (SSSR count). The van der Waals surface area contributed by atoms with E-state index in [9.17, 15) is 4.79 Å². The third-order valence-corrected chi connectivity index (χ3v) is 10.5. The fourth-order valence-corrected chi connectivity index (χ4v) is 6.47. The Morgan fingerprint density at radius 3 is 1.33 bits per heavy atom. The molecule has 0 spiro atoms. The molecule has 0 amide bonds. The van der Waals surface area contributed by atoms with Crippen molar-refractivity contribution in [1.29, 1.82) is 0 Å². The van der Waals surface area contributed by atoms with Gasteiger partial charge in [0.1, 0.15) is 0 Å². The molecule has 0 aliphatic carbocycles. The molecule has 0 fully saturated rings. The molecule has 11 heteroatoms. The minimum absolute atomic E-state index is 0.302. The molecule has 8 nitrogen and oxygen atoms in total. The van der Waals surface area contributed by atoms with Crippen molar-refractivity contribution in [2.75, 3.05) is 62.3 Å². The fourth-order valence-electron chi connectivity index (χ4n) is 2.93. The lowest BCUT2D eigenvalue weighted by Gasteiger charge is -2.28. The van der Waals surface area contributed by atoms with Gasteiger partial charge in [0.15, 0.2) is 0 Å². The van der Waals surface area contributed by atoms with Crippen LogP contribution >= 0.6 is 11.6 Å². The maximum absolute atomic E-state index is 11.0. The summed E-state index contributed by atoms with van der Waals surface area (Å²) in [6.45, 7) is 2.49. The summed E-state index contributed by atoms with van der Waals surface area (Å²) in [4.78, 5) is 13.3. The second-order valence-corrected chi connectivity index (χ2v) is 12.7. The maximum Gasteiger partial charge on any atom is 0.500 e. The van der Waals surface area contributed by atoms with Gasteiger partial charge in [0.25, 0.3) is 0 Å². The third kappa shape index (κ3) is 10.5. The third-order valence-electron chi connectivity index (χ3n) is 4.63. The molecule has 0 aliphatic heterocycles. The standard InChI is InChI=1S/C16H36ClNO7Si2/c1-20-26(21-2,22-3)14-8-12-18(11-7-10-16(17)19)13-9-15-27(23-4,24-5)25-6/h7-15H2,1-6H3. The van der Waals surface area contributed by atoms with Crippen LogP contribution in [0.1, 0.15) is 25.7 Å². The number of nitrogens with zero attached hydrogens (tertiary/aromatic N) is 1. The molecule has 0 aromatic carbocycles. The van der Waals surface area contributed by atoms with Gasteiger partial charge in [0.2, 0.25) is 5.24 Å². The van der Waals surface area contributed by atoms with Crippen LogP contribution in [-0.2, 0) is 31.4 Å². The van der Waals surface area contributed by atoms with Gasteiger partial charge in [-0.3, -0.25) is 4.79 Å². The minimum atomic E-state index is -2.57. The molecule has 0 atom stereocenters. The number of carbonyl (C=O) groups is 1. The Hall–Kier alpha value is 0.114. The molecule has 0 N–H and O–H groups in total. The van der Waals surface area contributed by atoms with Crippen molar-refractivity contribution in [3.63, 3.8) is 0 Å². The van der Waals surface area contributed by atoms with Crippen LogP contribution in [0.2, 0.25) is 12.1 Å². The van der Waals surface area contributed by atoms with Crippen LogP contribution in [0.3, 0.4) is 0 Å². The first-order valence-corrected chi connectivity index (χ1v) is 13.3. The zero-order chi connectivity index (χ0) is 20.8. The molecule has 0 heterocycles. The van der Waals surface area contributed by atoms with E-state index >= 15 is 0 Å². The molecule has 0 aliphatic rings. The summed E-state index contributed by atoms with van der Waals surface area (Å²) in [6, 6.07) is 1.46. The quantitative estimate of drug-likeness (QED) is 0.235. The molecule has 0 aromatic rings. The number of hydrogen-bond donors (Lipinski definition) is 0. The zero-order valence-corrected chi connectivity index (χ0v) is 20.3. The summed E-state index contributed by atoms with van der Waals surface area (Å²) in [6.07, 6.45) is 2.85. The van der Waals surface area contributed by atoms with Gasteiger partial charge in [0, 0.05) is 61.2 Å². The predicted molar refractivity (Wildman–Crippen MR) is 109 cm³/mol. The summed E-state index contributed by atoms with van der Waals surface area (Å²) in [5, 5.41) is -0.302. The van der Waals surface area contributed by atoms with Crippen molar-refractivity contribution in [3.05, 3.63) is 0 Å². The molecule has 162 valence electrons. The van der Waals surface area contributed by atoms with Crippen LogP contribution in [-0.4, -0.2) is 90.0 Å². The Balaban J connectivity index is 4.61. The van der Waals surface area contributed by atoms with E-state index in [2.05, 4.69) is 4.90 Å². The van der Waals surface area contributed by atoms with Gasteiger partial charge in [-0.25, -0.2) is 0 Å². The fraction of sp³-hybridized carbons (Fsp3) is 0.938. The van der Waals surface area contributed by atoms with Crippen LogP contribution in [0.5, 0.6) is 0 Å². The normalized spacial score (nSPS) is 12.7. The largest absolute Gasteiger partial charge is 0.500 e. The van der Waals surface area contributed by atoms with Gasteiger partial charge < -0.3 is 31.5 Å². The molecule has 27 heavy (non-hydrogen) atoms. The summed E-state index contributed by atoms with van der Waals surface area (Å²) in [7, 11) is 4.58. The second kappa shape index (κ2) is 15.0. The first-order valence-electron chi connectivity index (χ1n) is 9.08. The maximum atomic E-state index is 11.0. The van der Waals surface area contributed by atoms with Crippen molar-refractivity contribution in [2.24, 2.45) is 0 Å². The van der Waals surface area contributed by atoms with Crippen molar-refractivity contribution in [3.8, 4) is 0 Å². The average Bonchev–Trinajstić information content (AvgIpc) is 2.68. The van der Waals surface area contributed by atoms with Crippen LogP contribution in [0.25, 0.3) is 0 Å². The number of hydrogen-bond acceptors (Lipinski definition) is 8. The number of halogens is 1. The van der Waals surface area contributed by atoms with E-state index < -0.39 is 17.6 Å². The molecule has 0 aromatic heterocycles. The topological polar surface area (TPSA) is 75.7 Å². The minimum Gasteiger partial charge on any atom is -0.377 e. The highest BCUT2D eigenvalue weighted by molar-refractivity contribution is 6.63. The zero-order valence-electron chi connectivity index (χ0n) is 17.5. The van der Waals surface area contributed by atoms with Gasteiger partial charge in [0.05, 0.1) is 0 Å². The van der Waals surface area contributed by atoms with Crippen LogP contribution in [0.15, 0.2) is 0 Å². The van der Waals surface area contributed by atoms with Gasteiger partial charge in [-0.05, 0) is 50.5 Å². The molecule has 0 bridgehead atoms. The molecule has 0 radical (unpaired) electrons. The Labute approximate surface area is 171 Å². The predicted octanol–water partition coefficient (Wildman–Crippen LogP) is 2.37. The van der Waals surface area contributed by atoms with Crippen molar-refractivity contribution < 1.29 is 31.4 Å². The Kier molecular flexibility index (Phi) is 15.1. The van der Waals surface area contributed by atoms with E-state index in [4.69, 9.17) is 38.2 Å². The Morgan fingerprint density at radius 2 is 1.04 bits per heavy atom. The van der Waals surface area contributed by atoms with Crippen molar-refractivity contribution in [2.45, 2.75) is 37.8 Å². The van der Waals surface area contributed by atoms with Crippen LogP contribution < -0.4 is 0 Å². The Morgan fingerprint density at radius 1 is 0.704 bits per heavy atom. The number of carbonyl (C=O) groups excluding carboxylic acids is 1. The molecule has 0 saturated carbocycles. The molecular weight excluding hydrogens is 410 g/mol. The summed E-state index contributed by atoms with van der Waals surface area (Å²) in [5.74, 6) is 0. The SMILES string of the molecule is CO[Si](CCCN(CCCC(=O)Cl)CCC[Si](OC)(OC)OC)(OC)OC. The van der Waals surface area contributed by atoms with Crippen molar-refractivity contribution >= 4 is 34.5 Å². The van der Waals surface area contributed by atoms with E-state index in [0.29, 0.717) is 6.42 Å². The van der Waals surface area contributed by atoms with E-state index in [-0.39, 0.29) is 5.24 Å². The second-order valence-electron chi connectivity index (χ2n) is 6.10. The molecule has 0 saturated heterocycles. The highest BCUT2D eigenvalue weighted by Gasteiger charge is 2.38. The first-order chi connectivity index (χ1) is 12.9. The monoisotopic (exact) mass is 445 g/mol. The lowest BCUT2D eigenvalue weighted by molar-refractivity contribution is -0.111. The van der Waals surface area contributed by atoms with Crippen LogP contribution in [0, 0.1) is 0 Å². The van der Waals surface area contributed by atoms with Gasteiger partial charge in [-0.2, -0.15) is 0 Å². The summed E-state index contributed by atoms with van der Waals surface area (Å²) in [5.41, 5.74) is 0. The lowest BCUT2D eigenvalue weighted by atomic mass is 10.3. The average molecular weight is 446 g/mol. The Bertz CT molecular complexity index is 356. The highest BCUT2D eigenvalue weighted by atomic mass is 35.5.